The molecule has 1 heterocycles. The van der Waals surface area contributed by atoms with Gasteiger partial charge in [-0.2, -0.15) is 0 Å². The van der Waals surface area contributed by atoms with Gasteiger partial charge in [-0.3, -0.25) is 0 Å². The summed E-state index contributed by atoms with van der Waals surface area (Å²) in [6.45, 7) is 4.99. The second-order valence-electron chi connectivity index (χ2n) is 5.40. The van der Waals surface area contributed by atoms with Crippen LogP contribution in [0.4, 0.5) is 0 Å². The van der Waals surface area contributed by atoms with Crippen LogP contribution in [0.25, 0.3) is 0 Å². The molecule has 0 aliphatic rings. The maximum absolute atomic E-state index is 6.23. The van der Waals surface area contributed by atoms with E-state index in [1.807, 2.05) is 0 Å². The van der Waals surface area contributed by atoms with Gasteiger partial charge in [0.05, 0.1) is 0 Å². The fourth-order valence-corrected chi connectivity index (χ4v) is 3.37. The molecule has 1 aromatic heterocycles. The number of aryl methyl sites for hydroxylation is 2. The van der Waals surface area contributed by atoms with E-state index in [0.29, 0.717) is 0 Å². The van der Waals surface area contributed by atoms with Crippen LogP contribution >= 0.6 is 11.3 Å². The van der Waals surface area contributed by atoms with E-state index in [1.165, 1.54) is 15.3 Å². The van der Waals surface area contributed by atoms with Gasteiger partial charge >= 0.3 is 0 Å². The Morgan fingerprint density at radius 2 is 1.90 bits per heavy atom. The van der Waals surface area contributed by atoms with Crippen LogP contribution in [-0.4, -0.2) is 12.6 Å². The van der Waals surface area contributed by atoms with Crippen molar-refractivity contribution in [1.82, 2.24) is 0 Å². The highest BCUT2D eigenvalue weighted by molar-refractivity contribution is 7.12. The average molecular weight is 303 g/mol. The second-order valence-corrected chi connectivity index (χ2v) is 6.72. The number of nitrogens with two attached hydrogens (primary N) is 1. The number of benzene rings is 1. The third kappa shape index (κ3) is 4.95. The van der Waals surface area contributed by atoms with Gasteiger partial charge in [0.1, 0.15) is 6.10 Å². The van der Waals surface area contributed by atoms with Crippen LogP contribution in [0.5, 0.6) is 0 Å². The van der Waals surface area contributed by atoms with Gasteiger partial charge in [-0.25, -0.2) is 0 Å². The van der Waals surface area contributed by atoms with Crippen molar-refractivity contribution in [2.75, 3.05) is 6.61 Å². The molecule has 114 valence electrons. The van der Waals surface area contributed by atoms with Gasteiger partial charge in [0.25, 0.3) is 0 Å². The Hall–Kier alpha value is -1.16. The molecule has 0 amide bonds. The van der Waals surface area contributed by atoms with Crippen LogP contribution in [-0.2, 0) is 11.2 Å². The highest BCUT2D eigenvalue weighted by Gasteiger charge is 2.20. The first-order valence-electron chi connectivity index (χ1n) is 7.68. The minimum atomic E-state index is 0.0319. The summed E-state index contributed by atoms with van der Waals surface area (Å²) in [5.41, 5.74) is 7.60. The molecular weight excluding hydrogens is 278 g/mol. The van der Waals surface area contributed by atoms with Crippen LogP contribution in [0, 0.1) is 6.92 Å². The van der Waals surface area contributed by atoms with Crippen molar-refractivity contribution in [2.24, 2.45) is 5.73 Å². The molecule has 1 aromatic carbocycles. The van der Waals surface area contributed by atoms with E-state index in [0.717, 1.165) is 25.9 Å². The molecule has 0 aliphatic carbocycles. The molecule has 2 aromatic rings. The highest BCUT2D eigenvalue weighted by atomic mass is 32.1. The van der Waals surface area contributed by atoms with E-state index in [9.17, 15) is 0 Å². The van der Waals surface area contributed by atoms with Crippen LogP contribution in [0.3, 0.4) is 0 Å². The van der Waals surface area contributed by atoms with Gasteiger partial charge in [0, 0.05) is 22.4 Å². The van der Waals surface area contributed by atoms with Crippen LogP contribution in [0.15, 0.2) is 42.5 Å². The number of rotatable bonds is 8. The number of hydrogen-bond donors (Lipinski definition) is 1. The molecular formula is C18H25NOS. The van der Waals surface area contributed by atoms with Gasteiger partial charge < -0.3 is 10.5 Å². The summed E-state index contributed by atoms with van der Waals surface area (Å²) in [5, 5.41) is 0. The molecule has 2 unspecified atom stereocenters. The third-order valence-corrected chi connectivity index (χ3v) is 4.71. The molecule has 2 atom stereocenters. The van der Waals surface area contributed by atoms with Crippen molar-refractivity contribution in [3.05, 3.63) is 57.8 Å². The van der Waals surface area contributed by atoms with Crippen LogP contribution < -0.4 is 5.73 Å². The zero-order valence-electron chi connectivity index (χ0n) is 12.9. The van der Waals surface area contributed by atoms with Gasteiger partial charge in [0.2, 0.25) is 0 Å². The molecule has 0 spiro atoms. The fourth-order valence-electron chi connectivity index (χ4n) is 2.37. The molecule has 2 N–H and O–H groups in total. The highest BCUT2D eigenvalue weighted by Crippen LogP contribution is 2.28. The largest absolute Gasteiger partial charge is 0.371 e. The topological polar surface area (TPSA) is 35.2 Å². The molecule has 2 rings (SSSR count). The summed E-state index contributed by atoms with van der Waals surface area (Å²) >= 11 is 1.79. The first kappa shape index (κ1) is 16.2. The predicted octanol–water partition coefficient (Wildman–Crippen LogP) is 4.48. The van der Waals surface area contributed by atoms with Gasteiger partial charge in [-0.1, -0.05) is 37.3 Å². The van der Waals surface area contributed by atoms with Crippen LogP contribution in [0.1, 0.15) is 41.2 Å². The Morgan fingerprint density at radius 1 is 1.14 bits per heavy atom. The van der Waals surface area contributed by atoms with Crippen molar-refractivity contribution < 1.29 is 4.74 Å². The standard InChI is InChI=1S/C18H25NOS/c1-3-16(19)18(17-12-11-14(2)21-17)20-13-7-10-15-8-5-4-6-9-15/h4-6,8-9,11-12,16,18H,3,7,10,13,19H2,1-2H3. The molecule has 0 saturated carbocycles. The first-order chi connectivity index (χ1) is 10.2. The SMILES string of the molecule is CCC(N)C(OCCCc1ccccc1)c1ccc(C)s1. The van der Waals surface area contributed by atoms with E-state index in [1.54, 1.807) is 11.3 Å². The summed E-state index contributed by atoms with van der Waals surface area (Å²) in [6, 6.07) is 14.9. The van der Waals surface area contributed by atoms with Gasteiger partial charge in [-0.05, 0) is 43.9 Å². The Kier molecular flexibility index (Phi) is 6.43. The number of thiophene rings is 1. The number of hydrogen-bond acceptors (Lipinski definition) is 3. The summed E-state index contributed by atoms with van der Waals surface area (Å²) in [7, 11) is 0. The zero-order valence-corrected chi connectivity index (χ0v) is 13.7. The second kappa shape index (κ2) is 8.32. The fraction of sp³-hybridized carbons (Fsp3) is 0.444. The molecule has 0 fully saturated rings. The zero-order chi connectivity index (χ0) is 15.1. The van der Waals surface area contributed by atoms with Crippen LogP contribution in [0.2, 0.25) is 0 Å². The quantitative estimate of drug-likeness (QED) is 0.730. The van der Waals surface area contributed by atoms with Crippen molar-refractivity contribution in [3.63, 3.8) is 0 Å². The molecule has 0 bridgehead atoms. The molecule has 3 heteroatoms. The normalized spacial score (nSPS) is 14.0. The Morgan fingerprint density at radius 3 is 2.52 bits per heavy atom. The van der Waals surface area contributed by atoms with Crippen molar-refractivity contribution in [2.45, 2.75) is 45.3 Å². The van der Waals surface area contributed by atoms with E-state index in [4.69, 9.17) is 10.5 Å². The summed E-state index contributed by atoms with van der Waals surface area (Å²) in [5.74, 6) is 0. The lowest BCUT2D eigenvalue weighted by Crippen LogP contribution is -2.29. The molecule has 0 aliphatic heterocycles. The van der Waals surface area contributed by atoms with E-state index < -0.39 is 0 Å². The summed E-state index contributed by atoms with van der Waals surface area (Å²) in [6.07, 6.45) is 3.05. The minimum Gasteiger partial charge on any atom is -0.371 e. The molecule has 0 saturated heterocycles. The average Bonchev–Trinajstić information content (AvgIpc) is 2.94. The minimum absolute atomic E-state index is 0.0319. The van der Waals surface area contributed by atoms with Crippen molar-refractivity contribution in [1.29, 1.82) is 0 Å². The van der Waals surface area contributed by atoms with Gasteiger partial charge in [-0.15, -0.1) is 11.3 Å². The smallest absolute Gasteiger partial charge is 0.107 e. The molecule has 0 radical (unpaired) electrons. The van der Waals surface area contributed by atoms with Crippen molar-refractivity contribution in [3.8, 4) is 0 Å². The van der Waals surface area contributed by atoms with Gasteiger partial charge in [0.15, 0.2) is 0 Å². The van der Waals surface area contributed by atoms with E-state index >= 15 is 0 Å². The van der Waals surface area contributed by atoms with Crippen molar-refractivity contribution >= 4 is 11.3 Å². The maximum Gasteiger partial charge on any atom is 0.107 e. The monoisotopic (exact) mass is 303 g/mol. The predicted molar refractivity (Wildman–Crippen MR) is 90.8 cm³/mol. The lowest BCUT2D eigenvalue weighted by Gasteiger charge is -2.22. The third-order valence-electron chi connectivity index (χ3n) is 3.65. The maximum atomic E-state index is 6.23. The Bertz CT molecular complexity index is 523. The lowest BCUT2D eigenvalue weighted by molar-refractivity contribution is 0.0346. The first-order valence-corrected chi connectivity index (χ1v) is 8.49. The lowest BCUT2D eigenvalue weighted by atomic mass is 10.1. The van der Waals surface area contributed by atoms with E-state index in [2.05, 4.69) is 56.3 Å². The summed E-state index contributed by atoms with van der Waals surface area (Å²) < 4.78 is 6.10. The van der Waals surface area contributed by atoms with E-state index in [-0.39, 0.29) is 12.1 Å². The molecule has 2 nitrogen and oxygen atoms in total. The molecule has 21 heavy (non-hydrogen) atoms. The summed E-state index contributed by atoms with van der Waals surface area (Å²) in [4.78, 5) is 2.56. The Labute approximate surface area is 132 Å². The number of ether oxygens (including phenoxy) is 1. The Balaban J connectivity index is 1.85.